The van der Waals surface area contributed by atoms with Crippen molar-refractivity contribution in [3.05, 3.63) is 41.5 Å². The van der Waals surface area contributed by atoms with Crippen LogP contribution in [0.2, 0.25) is 0 Å². The Kier molecular flexibility index (Phi) is 5.85. The van der Waals surface area contributed by atoms with Gasteiger partial charge in [0.05, 0.1) is 5.54 Å². The highest BCUT2D eigenvalue weighted by atomic mass is 35.5. The van der Waals surface area contributed by atoms with Crippen LogP contribution in [0.3, 0.4) is 0 Å². The number of halogens is 1. The third kappa shape index (κ3) is 4.03. The standard InChI is InChI=1S/C19H27N5O.ClH/c1-15-4-2-5-16(14-15)24-12-10-23(11-13-24)9-6-17-21-18(22-25-17)19(20)7-3-8-19;/h2,4-5,14H,3,6-13,20H2,1H3;1H. The van der Waals surface area contributed by atoms with E-state index in [2.05, 4.69) is 51.1 Å². The van der Waals surface area contributed by atoms with Crippen LogP contribution in [-0.2, 0) is 12.0 Å². The summed E-state index contributed by atoms with van der Waals surface area (Å²) < 4.78 is 5.40. The molecule has 0 amide bonds. The van der Waals surface area contributed by atoms with Gasteiger partial charge in [-0.25, -0.2) is 0 Å². The molecule has 2 fully saturated rings. The zero-order valence-electron chi connectivity index (χ0n) is 15.4. The molecule has 1 aromatic heterocycles. The number of aromatic nitrogens is 2. The maximum Gasteiger partial charge on any atom is 0.228 e. The van der Waals surface area contributed by atoms with Crippen LogP contribution < -0.4 is 10.6 Å². The summed E-state index contributed by atoms with van der Waals surface area (Å²) in [6, 6.07) is 8.74. The molecule has 26 heavy (non-hydrogen) atoms. The van der Waals surface area contributed by atoms with Crippen molar-refractivity contribution in [3.8, 4) is 0 Å². The first-order valence-electron chi connectivity index (χ1n) is 9.28. The molecule has 0 spiro atoms. The Morgan fingerprint density at radius 2 is 1.96 bits per heavy atom. The van der Waals surface area contributed by atoms with Crippen LogP contribution in [0.15, 0.2) is 28.8 Å². The van der Waals surface area contributed by atoms with Crippen LogP contribution in [-0.4, -0.2) is 47.8 Å². The Bertz CT molecular complexity index is 722. The molecule has 2 heterocycles. The molecule has 2 N–H and O–H groups in total. The monoisotopic (exact) mass is 377 g/mol. The van der Waals surface area contributed by atoms with E-state index in [9.17, 15) is 0 Å². The predicted octanol–water partition coefficient (Wildman–Crippen LogP) is 2.50. The second-order valence-corrected chi connectivity index (χ2v) is 7.44. The van der Waals surface area contributed by atoms with Crippen LogP contribution >= 0.6 is 12.4 Å². The van der Waals surface area contributed by atoms with Gasteiger partial charge in [-0.15, -0.1) is 12.4 Å². The lowest BCUT2D eigenvalue weighted by Crippen LogP contribution is -2.47. The number of nitrogens with two attached hydrogens (primary N) is 1. The number of nitrogens with zero attached hydrogens (tertiary/aromatic N) is 4. The quantitative estimate of drug-likeness (QED) is 0.863. The number of benzene rings is 1. The molecule has 1 saturated heterocycles. The average molecular weight is 378 g/mol. The number of rotatable bonds is 5. The van der Waals surface area contributed by atoms with Gasteiger partial charge in [-0.1, -0.05) is 17.3 Å². The van der Waals surface area contributed by atoms with Crippen molar-refractivity contribution in [1.29, 1.82) is 0 Å². The molecule has 0 unspecified atom stereocenters. The highest BCUT2D eigenvalue weighted by Gasteiger charge is 2.38. The summed E-state index contributed by atoms with van der Waals surface area (Å²) in [5.74, 6) is 1.41. The minimum absolute atomic E-state index is 0. The summed E-state index contributed by atoms with van der Waals surface area (Å²) in [4.78, 5) is 9.45. The van der Waals surface area contributed by atoms with Crippen molar-refractivity contribution < 1.29 is 4.52 Å². The minimum Gasteiger partial charge on any atom is -0.369 e. The fraction of sp³-hybridized carbons (Fsp3) is 0.579. The maximum atomic E-state index is 6.26. The van der Waals surface area contributed by atoms with Gasteiger partial charge >= 0.3 is 0 Å². The molecule has 2 aromatic rings. The van der Waals surface area contributed by atoms with Crippen LogP contribution in [0.25, 0.3) is 0 Å². The molecule has 1 aliphatic heterocycles. The van der Waals surface area contributed by atoms with Crippen molar-refractivity contribution in [1.82, 2.24) is 15.0 Å². The lowest BCUT2D eigenvalue weighted by Gasteiger charge is -2.36. The van der Waals surface area contributed by atoms with Crippen molar-refractivity contribution in [2.75, 3.05) is 37.6 Å². The molecular weight excluding hydrogens is 350 g/mol. The van der Waals surface area contributed by atoms with Crippen molar-refractivity contribution in [2.24, 2.45) is 5.73 Å². The van der Waals surface area contributed by atoms with Gasteiger partial charge in [0.1, 0.15) is 0 Å². The number of anilines is 1. The van der Waals surface area contributed by atoms with Gasteiger partial charge in [-0.3, -0.25) is 4.90 Å². The summed E-state index contributed by atoms with van der Waals surface area (Å²) >= 11 is 0. The normalized spacial score (nSPS) is 19.7. The Morgan fingerprint density at radius 3 is 2.62 bits per heavy atom. The SMILES string of the molecule is Cc1cccc(N2CCN(CCc3nc(C4(N)CCC4)no3)CC2)c1.Cl. The average Bonchev–Trinajstić information content (AvgIpc) is 3.08. The first-order valence-corrected chi connectivity index (χ1v) is 9.28. The number of hydrogen-bond donors (Lipinski definition) is 1. The minimum atomic E-state index is -0.332. The van der Waals surface area contributed by atoms with Gasteiger partial charge in [0.15, 0.2) is 5.82 Å². The molecule has 1 aromatic carbocycles. The Morgan fingerprint density at radius 1 is 1.19 bits per heavy atom. The van der Waals surface area contributed by atoms with Crippen molar-refractivity contribution in [2.45, 2.75) is 38.1 Å². The Balaban J connectivity index is 0.00000196. The molecule has 1 saturated carbocycles. The summed E-state index contributed by atoms with van der Waals surface area (Å²) in [6.45, 7) is 7.36. The molecule has 4 rings (SSSR count). The summed E-state index contributed by atoms with van der Waals surface area (Å²) in [6.07, 6.45) is 3.89. The number of piperazine rings is 1. The topological polar surface area (TPSA) is 71.4 Å². The van der Waals surface area contributed by atoms with Crippen LogP contribution in [0.1, 0.15) is 36.5 Å². The van der Waals surface area contributed by atoms with E-state index in [4.69, 9.17) is 10.3 Å². The Labute approximate surface area is 161 Å². The molecule has 142 valence electrons. The summed E-state index contributed by atoms with van der Waals surface area (Å²) in [5, 5.41) is 4.10. The molecule has 7 heteroatoms. The molecule has 6 nitrogen and oxygen atoms in total. The molecule has 0 bridgehead atoms. The van der Waals surface area contributed by atoms with E-state index in [1.807, 2.05) is 0 Å². The first kappa shape index (κ1) is 19.1. The number of aryl methyl sites for hydroxylation is 1. The Hall–Kier alpha value is -1.63. The smallest absolute Gasteiger partial charge is 0.228 e. The van der Waals surface area contributed by atoms with Gasteiger partial charge in [-0.05, 0) is 43.9 Å². The second kappa shape index (κ2) is 7.94. The first-order chi connectivity index (χ1) is 12.1. The molecule has 2 aliphatic rings. The molecule has 0 radical (unpaired) electrons. The van der Waals surface area contributed by atoms with Crippen LogP contribution in [0, 0.1) is 6.92 Å². The summed E-state index contributed by atoms with van der Waals surface area (Å²) in [5.41, 5.74) is 8.57. The lowest BCUT2D eigenvalue weighted by atomic mass is 9.77. The van der Waals surface area contributed by atoms with E-state index in [0.29, 0.717) is 11.7 Å². The zero-order valence-corrected chi connectivity index (χ0v) is 16.2. The highest BCUT2D eigenvalue weighted by Crippen LogP contribution is 2.36. The zero-order chi connectivity index (χ0) is 17.3. The van der Waals surface area contributed by atoms with E-state index in [1.54, 1.807) is 0 Å². The molecule has 0 atom stereocenters. The van der Waals surface area contributed by atoms with Gasteiger partial charge in [0.2, 0.25) is 5.89 Å². The van der Waals surface area contributed by atoms with Crippen LogP contribution in [0.5, 0.6) is 0 Å². The molecular formula is C19H28ClN5O. The third-order valence-electron chi connectivity index (χ3n) is 5.54. The van der Waals surface area contributed by atoms with E-state index >= 15 is 0 Å². The molecule has 1 aliphatic carbocycles. The van der Waals surface area contributed by atoms with E-state index in [-0.39, 0.29) is 17.9 Å². The third-order valence-corrected chi connectivity index (χ3v) is 5.54. The second-order valence-electron chi connectivity index (χ2n) is 7.44. The van der Waals surface area contributed by atoms with E-state index in [0.717, 1.165) is 58.4 Å². The van der Waals surface area contributed by atoms with E-state index in [1.165, 1.54) is 11.3 Å². The fourth-order valence-electron chi connectivity index (χ4n) is 3.65. The van der Waals surface area contributed by atoms with Crippen molar-refractivity contribution >= 4 is 18.1 Å². The van der Waals surface area contributed by atoms with Crippen LogP contribution in [0.4, 0.5) is 5.69 Å². The number of hydrogen-bond acceptors (Lipinski definition) is 6. The summed E-state index contributed by atoms with van der Waals surface area (Å²) in [7, 11) is 0. The van der Waals surface area contributed by atoms with Gasteiger partial charge in [-0.2, -0.15) is 4.98 Å². The van der Waals surface area contributed by atoms with Gasteiger partial charge in [0, 0.05) is 44.8 Å². The lowest BCUT2D eigenvalue weighted by molar-refractivity contribution is 0.227. The van der Waals surface area contributed by atoms with Gasteiger partial charge < -0.3 is 15.2 Å². The van der Waals surface area contributed by atoms with Gasteiger partial charge in [0.25, 0.3) is 0 Å². The van der Waals surface area contributed by atoms with E-state index < -0.39 is 0 Å². The highest BCUT2D eigenvalue weighted by molar-refractivity contribution is 5.85. The largest absolute Gasteiger partial charge is 0.369 e. The predicted molar refractivity (Wildman–Crippen MR) is 105 cm³/mol. The van der Waals surface area contributed by atoms with Crippen molar-refractivity contribution in [3.63, 3.8) is 0 Å². The fourth-order valence-corrected chi connectivity index (χ4v) is 3.65. The maximum absolute atomic E-state index is 6.26.